The summed E-state index contributed by atoms with van der Waals surface area (Å²) in [6.45, 7) is 0.101. The van der Waals surface area contributed by atoms with Crippen molar-refractivity contribution in [2.75, 3.05) is 0 Å². The summed E-state index contributed by atoms with van der Waals surface area (Å²) in [5.41, 5.74) is 6.36. The van der Waals surface area contributed by atoms with Crippen LogP contribution in [0.3, 0.4) is 0 Å². The van der Waals surface area contributed by atoms with Gasteiger partial charge in [0, 0.05) is 16.1 Å². The summed E-state index contributed by atoms with van der Waals surface area (Å²) in [7, 11) is 0. The third kappa shape index (κ3) is 3.69. The summed E-state index contributed by atoms with van der Waals surface area (Å²) in [4.78, 5) is 0.164. The Morgan fingerprint density at radius 2 is 2.05 bits per heavy atom. The highest BCUT2D eigenvalue weighted by Crippen LogP contribution is 2.28. The molecule has 0 aliphatic rings. The quantitative estimate of drug-likeness (QED) is 0.803. The fraction of sp³-hybridized carbons (Fsp3) is 0.0714. The lowest BCUT2D eigenvalue weighted by Crippen LogP contribution is -2.10. The molecule has 2 N–H and O–H groups in total. The molecule has 0 heterocycles. The van der Waals surface area contributed by atoms with Crippen molar-refractivity contribution in [3.63, 3.8) is 0 Å². The monoisotopic (exact) mass is 373 g/mol. The van der Waals surface area contributed by atoms with Gasteiger partial charge in [-0.05, 0) is 40.2 Å². The van der Waals surface area contributed by atoms with Crippen molar-refractivity contribution >= 4 is 44.7 Å². The standard InChI is InChI=1S/C14H10BrClFNOS/c15-11-6-10(16)3-4-13(11)19-7-9-2-1-8(14(18)20)5-12(9)17/h1-6H,7H2,(H2,18,20). The Labute approximate surface area is 134 Å². The summed E-state index contributed by atoms with van der Waals surface area (Å²) in [5.74, 6) is 0.188. The number of rotatable bonds is 4. The molecule has 2 aromatic carbocycles. The van der Waals surface area contributed by atoms with E-state index in [1.165, 1.54) is 6.07 Å². The minimum absolute atomic E-state index is 0.101. The first-order valence-corrected chi connectivity index (χ1v) is 7.21. The van der Waals surface area contributed by atoms with E-state index >= 15 is 0 Å². The van der Waals surface area contributed by atoms with Crippen LogP contribution in [-0.2, 0) is 6.61 Å². The Hall–Kier alpha value is -1.17. The van der Waals surface area contributed by atoms with Crippen LogP contribution in [0.2, 0.25) is 5.02 Å². The highest BCUT2D eigenvalue weighted by atomic mass is 79.9. The molecule has 20 heavy (non-hydrogen) atoms. The second-order valence-corrected chi connectivity index (χ2v) is 5.76. The summed E-state index contributed by atoms with van der Waals surface area (Å²) in [6.07, 6.45) is 0. The van der Waals surface area contributed by atoms with Crippen molar-refractivity contribution in [3.05, 3.63) is 62.8 Å². The maximum atomic E-state index is 13.8. The topological polar surface area (TPSA) is 35.2 Å². The highest BCUT2D eigenvalue weighted by molar-refractivity contribution is 9.10. The van der Waals surface area contributed by atoms with Crippen LogP contribution < -0.4 is 10.5 Å². The van der Waals surface area contributed by atoms with Gasteiger partial charge in [-0.3, -0.25) is 0 Å². The molecule has 0 saturated carbocycles. The lowest BCUT2D eigenvalue weighted by atomic mass is 10.1. The molecule has 0 unspecified atom stereocenters. The highest BCUT2D eigenvalue weighted by Gasteiger charge is 2.08. The van der Waals surface area contributed by atoms with Crippen molar-refractivity contribution < 1.29 is 9.13 Å². The van der Waals surface area contributed by atoms with Gasteiger partial charge in [0.05, 0.1) is 4.47 Å². The van der Waals surface area contributed by atoms with Crippen molar-refractivity contribution in [3.8, 4) is 5.75 Å². The molecular weight excluding hydrogens is 365 g/mol. The fourth-order valence-corrected chi connectivity index (χ4v) is 2.49. The van der Waals surface area contributed by atoms with E-state index in [0.717, 1.165) is 0 Å². The number of hydrogen-bond donors (Lipinski definition) is 1. The zero-order valence-corrected chi connectivity index (χ0v) is 13.4. The third-order valence-corrected chi connectivity index (χ3v) is 3.71. The molecule has 0 bridgehead atoms. The molecule has 2 rings (SSSR count). The van der Waals surface area contributed by atoms with Crippen LogP contribution in [-0.4, -0.2) is 4.99 Å². The molecule has 104 valence electrons. The normalized spacial score (nSPS) is 10.3. The van der Waals surface area contributed by atoms with Gasteiger partial charge in [0.2, 0.25) is 0 Å². The number of hydrogen-bond acceptors (Lipinski definition) is 2. The molecule has 0 atom stereocenters. The average molecular weight is 375 g/mol. The largest absolute Gasteiger partial charge is 0.488 e. The van der Waals surface area contributed by atoms with E-state index in [1.54, 1.807) is 30.3 Å². The van der Waals surface area contributed by atoms with Crippen molar-refractivity contribution in [2.45, 2.75) is 6.61 Å². The Balaban J connectivity index is 2.13. The molecule has 0 aliphatic heterocycles. The van der Waals surface area contributed by atoms with Gasteiger partial charge in [0.25, 0.3) is 0 Å². The number of thiocarbonyl (C=S) groups is 1. The molecule has 2 aromatic rings. The number of halogens is 3. The van der Waals surface area contributed by atoms with Gasteiger partial charge in [-0.1, -0.05) is 36.0 Å². The van der Waals surface area contributed by atoms with E-state index in [9.17, 15) is 4.39 Å². The Morgan fingerprint density at radius 1 is 1.30 bits per heavy atom. The van der Waals surface area contributed by atoms with Crippen LogP contribution in [0, 0.1) is 5.82 Å². The zero-order valence-electron chi connectivity index (χ0n) is 10.2. The van der Waals surface area contributed by atoms with Crippen LogP contribution in [0.15, 0.2) is 40.9 Å². The van der Waals surface area contributed by atoms with Gasteiger partial charge in [0.15, 0.2) is 0 Å². The summed E-state index contributed by atoms with van der Waals surface area (Å²) >= 11 is 14.0. The van der Waals surface area contributed by atoms with Crippen LogP contribution in [0.25, 0.3) is 0 Å². The molecule has 0 saturated heterocycles. The average Bonchev–Trinajstić information content (AvgIpc) is 2.38. The van der Waals surface area contributed by atoms with Gasteiger partial charge in [0.1, 0.15) is 23.2 Å². The molecule has 6 heteroatoms. The van der Waals surface area contributed by atoms with Crippen molar-refractivity contribution in [2.24, 2.45) is 5.73 Å². The van der Waals surface area contributed by atoms with Gasteiger partial charge < -0.3 is 10.5 Å². The lowest BCUT2D eigenvalue weighted by molar-refractivity contribution is 0.298. The molecule has 0 fully saturated rings. The smallest absolute Gasteiger partial charge is 0.134 e. The van der Waals surface area contributed by atoms with Gasteiger partial charge in [-0.2, -0.15) is 0 Å². The first kappa shape index (κ1) is 15.2. The summed E-state index contributed by atoms with van der Waals surface area (Å²) < 4.78 is 20.1. The Bertz CT molecular complexity index is 666. The zero-order chi connectivity index (χ0) is 14.7. The minimum atomic E-state index is -0.402. The lowest BCUT2D eigenvalue weighted by Gasteiger charge is -2.10. The Morgan fingerprint density at radius 3 is 2.65 bits per heavy atom. The predicted molar refractivity (Wildman–Crippen MR) is 85.8 cm³/mol. The van der Waals surface area contributed by atoms with Crippen LogP contribution >= 0.6 is 39.7 Å². The molecule has 0 aromatic heterocycles. The van der Waals surface area contributed by atoms with Crippen molar-refractivity contribution in [1.82, 2.24) is 0 Å². The van der Waals surface area contributed by atoms with Gasteiger partial charge in [-0.25, -0.2) is 4.39 Å². The van der Waals surface area contributed by atoms with Crippen LogP contribution in [0.5, 0.6) is 5.75 Å². The van der Waals surface area contributed by atoms with Gasteiger partial charge >= 0.3 is 0 Å². The molecule has 2 nitrogen and oxygen atoms in total. The van der Waals surface area contributed by atoms with Crippen LogP contribution in [0.4, 0.5) is 4.39 Å². The van der Waals surface area contributed by atoms with E-state index in [-0.39, 0.29) is 11.6 Å². The first-order chi connectivity index (χ1) is 9.47. The SMILES string of the molecule is NC(=S)c1ccc(COc2ccc(Cl)cc2Br)c(F)c1. The third-order valence-electron chi connectivity index (χ3n) is 2.61. The molecule has 0 spiro atoms. The van der Waals surface area contributed by atoms with E-state index < -0.39 is 5.82 Å². The van der Waals surface area contributed by atoms with E-state index in [2.05, 4.69) is 15.9 Å². The minimum Gasteiger partial charge on any atom is -0.488 e. The summed E-state index contributed by atoms with van der Waals surface area (Å²) in [5, 5.41) is 0.594. The second kappa shape index (κ2) is 6.52. The van der Waals surface area contributed by atoms with E-state index in [4.69, 9.17) is 34.3 Å². The van der Waals surface area contributed by atoms with Crippen molar-refractivity contribution in [1.29, 1.82) is 0 Å². The first-order valence-electron chi connectivity index (χ1n) is 5.63. The maximum absolute atomic E-state index is 13.8. The van der Waals surface area contributed by atoms with Crippen LogP contribution in [0.1, 0.15) is 11.1 Å². The molecule has 0 radical (unpaired) electrons. The maximum Gasteiger partial charge on any atom is 0.134 e. The molecular formula is C14H10BrClFNOS. The predicted octanol–water partition coefficient (Wildman–Crippen LogP) is 4.45. The number of benzene rings is 2. The van der Waals surface area contributed by atoms with E-state index in [1.807, 2.05) is 0 Å². The molecule has 0 amide bonds. The summed E-state index contributed by atoms with van der Waals surface area (Å²) in [6, 6.07) is 9.71. The second-order valence-electron chi connectivity index (χ2n) is 4.03. The van der Waals surface area contributed by atoms with E-state index in [0.29, 0.717) is 26.4 Å². The number of ether oxygens (including phenoxy) is 1. The molecule has 0 aliphatic carbocycles. The fourth-order valence-electron chi connectivity index (χ4n) is 1.57. The number of nitrogens with two attached hydrogens (primary N) is 1. The van der Waals surface area contributed by atoms with Gasteiger partial charge in [-0.15, -0.1) is 0 Å². The Kier molecular flexibility index (Phi) is 4.96.